The van der Waals surface area contributed by atoms with Crippen LogP contribution in [-0.2, 0) is 6.42 Å². The molecule has 0 unspecified atom stereocenters. The van der Waals surface area contributed by atoms with Crippen LogP contribution in [-0.4, -0.2) is 20.5 Å². The average molecular weight is 390 g/mol. The zero-order valence-corrected chi connectivity index (χ0v) is 15.3. The summed E-state index contributed by atoms with van der Waals surface area (Å²) in [6.07, 6.45) is 2.09. The van der Waals surface area contributed by atoms with E-state index in [-0.39, 0.29) is 18.1 Å². The number of fused-ring (bicyclic) bond motifs is 2. The minimum atomic E-state index is -0.664. The number of para-hydroxylation sites is 1. The van der Waals surface area contributed by atoms with Crippen molar-refractivity contribution in [3.05, 3.63) is 83.2 Å². The van der Waals surface area contributed by atoms with Crippen LogP contribution in [0.15, 0.2) is 54.7 Å². The highest BCUT2D eigenvalue weighted by Crippen LogP contribution is 2.37. The van der Waals surface area contributed by atoms with Gasteiger partial charge in [0.15, 0.2) is 11.4 Å². The molecule has 5 nitrogen and oxygen atoms in total. The van der Waals surface area contributed by atoms with Crippen molar-refractivity contribution in [3.63, 3.8) is 0 Å². The molecule has 2 N–H and O–H groups in total. The molecule has 0 spiro atoms. The molecule has 0 saturated carbocycles. The van der Waals surface area contributed by atoms with Gasteiger partial charge >= 0.3 is 0 Å². The minimum absolute atomic E-state index is 0.125. The maximum atomic E-state index is 13.7. The Kier molecular flexibility index (Phi) is 3.91. The Bertz CT molecular complexity index is 1250. The predicted octanol–water partition coefficient (Wildman–Crippen LogP) is 4.19. The van der Waals surface area contributed by atoms with Gasteiger partial charge in [0.1, 0.15) is 11.6 Å². The molecule has 2 aromatic heterocycles. The largest absolute Gasteiger partial charge is 0.397 e. The first-order chi connectivity index (χ1) is 14.0. The molecule has 0 fully saturated rings. The minimum Gasteiger partial charge on any atom is -0.397 e. The first-order valence-corrected chi connectivity index (χ1v) is 9.22. The number of pyridine rings is 1. The van der Waals surface area contributed by atoms with Crippen LogP contribution >= 0.6 is 0 Å². The van der Waals surface area contributed by atoms with Crippen LogP contribution in [0.1, 0.15) is 34.0 Å². The van der Waals surface area contributed by atoms with Crippen molar-refractivity contribution in [2.45, 2.75) is 18.8 Å². The number of nitrogen functional groups attached to an aromatic ring is 1. The molecule has 0 amide bonds. The summed E-state index contributed by atoms with van der Waals surface area (Å²) in [6.45, 7) is 0. The van der Waals surface area contributed by atoms with Crippen LogP contribution < -0.4 is 5.73 Å². The molecule has 144 valence electrons. The van der Waals surface area contributed by atoms with Crippen LogP contribution in [0.5, 0.6) is 0 Å². The molecule has 1 atom stereocenters. The maximum absolute atomic E-state index is 13.7. The van der Waals surface area contributed by atoms with Gasteiger partial charge in [-0.3, -0.25) is 4.79 Å². The lowest BCUT2D eigenvalue weighted by molar-refractivity contribution is 0.0964. The number of carbonyl (C=O) groups is 1. The van der Waals surface area contributed by atoms with Gasteiger partial charge in [0.2, 0.25) is 0 Å². The second-order valence-corrected chi connectivity index (χ2v) is 7.21. The van der Waals surface area contributed by atoms with E-state index in [0.717, 1.165) is 11.8 Å². The number of nitrogens with zero attached hydrogens (tertiary/aromatic N) is 3. The number of hydrogen-bond donors (Lipinski definition) is 1. The Morgan fingerprint density at radius 2 is 1.76 bits per heavy atom. The second kappa shape index (κ2) is 6.48. The number of hydrogen-bond acceptors (Lipinski definition) is 4. The summed E-state index contributed by atoms with van der Waals surface area (Å²) in [5.74, 6) is -1.87. The smallest absolute Gasteiger partial charge is 0.167 e. The van der Waals surface area contributed by atoms with Gasteiger partial charge in [0, 0.05) is 12.5 Å². The SMILES string of the molecule is Nc1c2c(nc3c1cnn3-c1ccccc1)C[C@@H](c1cc(F)cc(F)c1)CC2=O. The number of Topliss-reactive ketones (excluding diaryl/α,β-unsaturated/α-hetero) is 1. The highest BCUT2D eigenvalue weighted by atomic mass is 19.1. The standard InChI is InChI=1S/C22H16F2N4O/c23-14-6-12(7-15(24)10-14)13-8-18-20(19(29)9-13)21(25)17-11-26-28(22(17)27-18)16-4-2-1-3-5-16/h1-7,10-11,13H,8-9H2,(H2,25,27)/t13-/m1/s1. The molecule has 1 aliphatic rings. The van der Waals surface area contributed by atoms with Gasteiger partial charge in [-0.2, -0.15) is 5.10 Å². The number of nitrogens with two attached hydrogens (primary N) is 1. The number of benzene rings is 2. The highest BCUT2D eigenvalue weighted by Gasteiger charge is 2.31. The van der Waals surface area contributed by atoms with Crippen molar-refractivity contribution in [2.24, 2.45) is 0 Å². The van der Waals surface area contributed by atoms with Crippen LogP contribution in [0.2, 0.25) is 0 Å². The van der Waals surface area contributed by atoms with Crippen molar-refractivity contribution in [2.75, 3.05) is 5.73 Å². The van der Waals surface area contributed by atoms with Crippen LogP contribution in [0.4, 0.5) is 14.5 Å². The van der Waals surface area contributed by atoms with Crippen LogP contribution in [0.25, 0.3) is 16.7 Å². The molecule has 0 bridgehead atoms. The summed E-state index contributed by atoms with van der Waals surface area (Å²) in [4.78, 5) is 17.5. The summed E-state index contributed by atoms with van der Waals surface area (Å²) < 4.78 is 29.0. The molecule has 0 saturated heterocycles. The molecule has 7 heteroatoms. The van der Waals surface area contributed by atoms with Crippen molar-refractivity contribution in [1.82, 2.24) is 14.8 Å². The molecular formula is C22H16F2N4O. The van der Waals surface area contributed by atoms with Gasteiger partial charge in [-0.25, -0.2) is 18.4 Å². The van der Waals surface area contributed by atoms with E-state index in [1.54, 1.807) is 10.9 Å². The molecule has 0 radical (unpaired) electrons. The number of aromatic nitrogens is 3. The summed E-state index contributed by atoms with van der Waals surface area (Å²) in [5, 5.41) is 4.99. The predicted molar refractivity (Wildman–Crippen MR) is 105 cm³/mol. The van der Waals surface area contributed by atoms with Gasteiger partial charge in [0.25, 0.3) is 0 Å². The fraction of sp³-hybridized carbons (Fsp3) is 0.136. The number of rotatable bonds is 2. The molecule has 1 aliphatic carbocycles. The van der Waals surface area contributed by atoms with E-state index >= 15 is 0 Å². The number of carbonyl (C=O) groups excluding carboxylic acids is 1. The third-order valence-electron chi connectivity index (χ3n) is 5.34. The Hall–Kier alpha value is -3.61. The van der Waals surface area contributed by atoms with E-state index in [9.17, 15) is 13.6 Å². The lowest BCUT2D eigenvalue weighted by Gasteiger charge is -2.24. The number of anilines is 1. The highest BCUT2D eigenvalue weighted by molar-refractivity contribution is 6.09. The molecule has 29 heavy (non-hydrogen) atoms. The van der Waals surface area contributed by atoms with Gasteiger partial charge in [-0.1, -0.05) is 18.2 Å². The first kappa shape index (κ1) is 17.5. The zero-order chi connectivity index (χ0) is 20.1. The molecule has 5 rings (SSSR count). The molecule has 0 aliphatic heterocycles. The number of ketones is 1. The summed E-state index contributed by atoms with van der Waals surface area (Å²) >= 11 is 0. The second-order valence-electron chi connectivity index (χ2n) is 7.21. The monoisotopic (exact) mass is 390 g/mol. The van der Waals surface area contributed by atoms with Crippen molar-refractivity contribution in [3.8, 4) is 5.69 Å². The van der Waals surface area contributed by atoms with Crippen LogP contribution in [0, 0.1) is 11.6 Å². The first-order valence-electron chi connectivity index (χ1n) is 9.22. The van der Waals surface area contributed by atoms with Crippen LogP contribution in [0.3, 0.4) is 0 Å². The van der Waals surface area contributed by atoms with Gasteiger partial charge in [-0.15, -0.1) is 0 Å². The Balaban J connectivity index is 1.65. The van der Waals surface area contributed by atoms with Crippen molar-refractivity contribution >= 4 is 22.5 Å². The Morgan fingerprint density at radius 3 is 2.48 bits per heavy atom. The van der Waals surface area contributed by atoms with E-state index in [2.05, 4.69) is 5.10 Å². The van der Waals surface area contributed by atoms with E-state index in [0.29, 0.717) is 40.0 Å². The van der Waals surface area contributed by atoms with E-state index in [1.807, 2.05) is 30.3 Å². The van der Waals surface area contributed by atoms with Crippen molar-refractivity contribution in [1.29, 1.82) is 0 Å². The van der Waals surface area contributed by atoms with Crippen molar-refractivity contribution < 1.29 is 13.6 Å². The van der Waals surface area contributed by atoms with E-state index in [1.165, 1.54) is 12.1 Å². The maximum Gasteiger partial charge on any atom is 0.167 e. The van der Waals surface area contributed by atoms with Gasteiger partial charge < -0.3 is 5.73 Å². The van der Waals surface area contributed by atoms with Gasteiger partial charge in [-0.05, 0) is 42.2 Å². The lowest BCUT2D eigenvalue weighted by atomic mass is 9.81. The third kappa shape index (κ3) is 2.86. The number of halogens is 2. The topological polar surface area (TPSA) is 73.8 Å². The molecule has 2 heterocycles. The van der Waals surface area contributed by atoms with Gasteiger partial charge in [0.05, 0.1) is 34.2 Å². The Labute approximate surface area is 164 Å². The summed E-state index contributed by atoms with van der Waals surface area (Å²) in [7, 11) is 0. The fourth-order valence-corrected chi connectivity index (χ4v) is 4.01. The average Bonchev–Trinajstić information content (AvgIpc) is 3.12. The molecule has 4 aromatic rings. The summed E-state index contributed by atoms with van der Waals surface area (Å²) in [5.41, 5.74) is 9.39. The normalized spacial score (nSPS) is 16.2. The molecular weight excluding hydrogens is 374 g/mol. The third-order valence-corrected chi connectivity index (χ3v) is 5.34. The van der Waals surface area contributed by atoms with E-state index < -0.39 is 11.6 Å². The quantitative estimate of drug-likeness (QED) is 0.557. The lowest BCUT2D eigenvalue weighted by Crippen LogP contribution is -2.22. The van der Waals surface area contributed by atoms with E-state index in [4.69, 9.17) is 10.7 Å². The zero-order valence-electron chi connectivity index (χ0n) is 15.3. The fourth-order valence-electron chi connectivity index (χ4n) is 4.01. The molecule has 2 aromatic carbocycles. The summed E-state index contributed by atoms with van der Waals surface area (Å²) in [6, 6.07) is 12.8. The Morgan fingerprint density at radius 1 is 1.03 bits per heavy atom.